The second-order valence-corrected chi connectivity index (χ2v) is 6.56. The predicted octanol–water partition coefficient (Wildman–Crippen LogP) is 2.49. The van der Waals surface area contributed by atoms with Gasteiger partial charge in [0.1, 0.15) is 0 Å². The molecule has 1 fully saturated rings. The number of carbonyl (C=O) groups is 1. The maximum absolute atomic E-state index is 11.5. The van der Waals surface area contributed by atoms with Crippen LogP contribution in [0.15, 0.2) is 4.52 Å². The first-order valence-electron chi connectivity index (χ1n) is 8.27. The number of rotatable bonds is 5. The van der Waals surface area contributed by atoms with E-state index in [-0.39, 0.29) is 17.9 Å². The molecular weight excluding hydrogens is 280 g/mol. The summed E-state index contributed by atoms with van der Waals surface area (Å²) in [5.41, 5.74) is 0. The maximum atomic E-state index is 11.5. The Morgan fingerprint density at radius 3 is 2.73 bits per heavy atom. The first-order valence-corrected chi connectivity index (χ1v) is 8.27. The van der Waals surface area contributed by atoms with Crippen LogP contribution >= 0.6 is 0 Å². The summed E-state index contributed by atoms with van der Waals surface area (Å²) < 4.78 is 5.37. The van der Waals surface area contributed by atoms with Crippen LogP contribution in [0.3, 0.4) is 0 Å². The molecule has 1 aromatic rings. The van der Waals surface area contributed by atoms with Gasteiger partial charge >= 0.3 is 0 Å². The van der Waals surface area contributed by atoms with Crippen LogP contribution in [-0.2, 0) is 4.79 Å². The number of likely N-dealkylation sites (tertiary alicyclic amines) is 1. The van der Waals surface area contributed by atoms with E-state index in [1.807, 2.05) is 4.90 Å². The van der Waals surface area contributed by atoms with E-state index in [1.54, 1.807) is 6.92 Å². The van der Waals surface area contributed by atoms with E-state index in [0.717, 1.165) is 31.8 Å². The van der Waals surface area contributed by atoms with Crippen molar-refractivity contribution in [3.8, 4) is 0 Å². The van der Waals surface area contributed by atoms with E-state index in [1.165, 1.54) is 0 Å². The van der Waals surface area contributed by atoms with Crippen molar-refractivity contribution >= 4 is 5.91 Å². The predicted molar refractivity (Wildman–Crippen MR) is 84.4 cm³/mol. The van der Waals surface area contributed by atoms with Crippen molar-refractivity contribution in [2.75, 3.05) is 13.1 Å². The van der Waals surface area contributed by atoms with Crippen LogP contribution in [0, 0.1) is 5.92 Å². The van der Waals surface area contributed by atoms with Crippen molar-refractivity contribution in [3.05, 3.63) is 11.7 Å². The number of hydrogen-bond donors (Lipinski definition) is 1. The van der Waals surface area contributed by atoms with Crippen LogP contribution in [0.2, 0.25) is 0 Å². The Bertz CT molecular complexity index is 500. The molecule has 0 aromatic carbocycles. The van der Waals surface area contributed by atoms with Gasteiger partial charge < -0.3 is 14.7 Å². The van der Waals surface area contributed by atoms with Crippen molar-refractivity contribution < 1.29 is 9.32 Å². The average molecular weight is 308 g/mol. The zero-order chi connectivity index (χ0) is 16.3. The Morgan fingerprint density at radius 1 is 1.45 bits per heavy atom. The zero-order valence-corrected chi connectivity index (χ0v) is 14.3. The molecule has 3 atom stereocenters. The van der Waals surface area contributed by atoms with Gasteiger partial charge in [0.15, 0.2) is 5.82 Å². The molecule has 0 unspecified atom stereocenters. The number of aromatic nitrogens is 2. The third-order valence-corrected chi connectivity index (χ3v) is 4.51. The molecule has 1 saturated heterocycles. The molecule has 6 heteroatoms. The highest BCUT2D eigenvalue weighted by molar-refractivity contribution is 5.73. The third kappa shape index (κ3) is 3.85. The summed E-state index contributed by atoms with van der Waals surface area (Å²) in [6.07, 6.45) is 2.02. The van der Waals surface area contributed by atoms with Crippen LogP contribution in [0.5, 0.6) is 0 Å². The van der Waals surface area contributed by atoms with E-state index >= 15 is 0 Å². The van der Waals surface area contributed by atoms with Crippen molar-refractivity contribution in [2.24, 2.45) is 5.92 Å². The highest BCUT2D eigenvalue weighted by Gasteiger charge is 2.31. The summed E-state index contributed by atoms with van der Waals surface area (Å²) >= 11 is 0. The molecule has 124 valence electrons. The second-order valence-electron chi connectivity index (χ2n) is 6.56. The van der Waals surface area contributed by atoms with Gasteiger partial charge in [-0.3, -0.25) is 4.79 Å². The minimum Gasteiger partial charge on any atom is -0.343 e. The van der Waals surface area contributed by atoms with E-state index in [0.29, 0.717) is 17.9 Å². The highest BCUT2D eigenvalue weighted by Crippen LogP contribution is 2.23. The molecule has 0 saturated carbocycles. The van der Waals surface area contributed by atoms with Gasteiger partial charge in [-0.1, -0.05) is 32.3 Å². The minimum atomic E-state index is 0.0305. The Balaban J connectivity index is 1.97. The molecule has 22 heavy (non-hydrogen) atoms. The van der Waals surface area contributed by atoms with Crippen LogP contribution in [0.1, 0.15) is 71.1 Å². The number of hydrogen-bond acceptors (Lipinski definition) is 5. The Kier molecular flexibility index (Phi) is 5.56. The molecule has 0 spiro atoms. The normalized spacial score (nSPS) is 23.8. The SMILES string of the molecule is CC[C@@H]1CN(C(C)=O)CC[C@H]1N[C@H](C)c1nc(C(C)C)no1. The summed E-state index contributed by atoms with van der Waals surface area (Å²) in [6, 6.07) is 0.410. The number of piperidine rings is 1. The van der Waals surface area contributed by atoms with E-state index in [9.17, 15) is 4.79 Å². The van der Waals surface area contributed by atoms with Gasteiger partial charge in [0.25, 0.3) is 0 Å². The van der Waals surface area contributed by atoms with Gasteiger partial charge in [0.05, 0.1) is 6.04 Å². The lowest BCUT2D eigenvalue weighted by Gasteiger charge is -2.39. The second kappa shape index (κ2) is 7.22. The van der Waals surface area contributed by atoms with Gasteiger partial charge in [0, 0.05) is 32.0 Å². The minimum absolute atomic E-state index is 0.0305. The lowest BCUT2D eigenvalue weighted by atomic mass is 9.89. The van der Waals surface area contributed by atoms with Crippen LogP contribution in [-0.4, -0.2) is 40.1 Å². The lowest BCUT2D eigenvalue weighted by molar-refractivity contribution is -0.131. The number of amides is 1. The topological polar surface area (TPSA) is 71.3 Å². The van der Waals surface area contributed by atoms with E-state index < -0.39 is 0 Å². The summed E-state index contributed by atoms with van der Waals surface area (Å²) in [5.74, 6) is 2.30. The fourth-order valence-corrected chi connectivity index (χ4v) is 3.00. The lowest BCUT2D eigenvalue weighted by Crippen LogP contribution is -2.50. The highest BCUT2D eigenvalue weighted by atomic mass is 16.5. The van der Waals surface area contributed by atoms with E-state index in [2.05, 4.69) is 43.2 Å². The van der Waals surface area contributed by atoms with Gasteiger partial charge in [-0.25, -0.2) is 0 Å². The van der Waals surface area contributed by atoms with Crippen molar-refractivity contribution in [1.29, 1.82) is 0 Å². The van der Waals surface area contributed by atoms with Gasteiger partial charge in [-0.2, -0.15) is 4.98 Å². The Labute approximate surface area is 132 Å². The number of nitrogens with one attached hydrogen (secondary N) is 1. The zero-order valence-electron chi connectivity index (χ0n) is 14.3. The molecule has 1 aromatic heterocycles. The molecule has 0 radical (unpaired) electrons. The molecule has 2 heterocycles. The molecular formula is C16H28N4O2. The molecule has 1 amide bonds. The maximum Gasteiger partial charge on any atom is 0.243 e. The first kappa shape index (κ1) is 16.9. The molecule has 1 N–H and O–H groups in total. The Morgan fingerprint density at radius 2 is 2.18 bits per heavy atom. The summed E-state index contributed by atoms with van der Waals surface area (Å²) in [7, 11) is 0. The quantitative estimate of drug-likeness (QED) is 0.905. The van der Waals surface area contributed by atoms with Gasteiger partial charge in [0.2, 0.25) is 11.8 Å². The molecule has 0 bridgehead atoms. The fourth-order valence-electron chi connectivity index (χ4n) is 3.00. The smallest absolute Gasteiger partial charge is 0.243 e. The molecule has 6 nitrogen and oxygen atoms in total. The van der Waals surface area contributed by atoms with Crippen molar-refractivity contribution in [1.82, 2.24) is 20.4 Å². The molecule has 2 rings (SSSR count). The molecule has 1 aliphatic heterocycles. The van der Waals surface area contributed by atoms with E-state index in [4.69, 9.17) is 4.52 Å². The standard InChI is InChI=1S/C16H28N4O2/c1-6-13-9-20(12(5)21)8-7-14(13)17-11(4)16-18-15(10(2)3)19-22-16/h10-11,13-14,17H,6-9H2,1-5H3/t11-,13-,14-/m1/s1. The van der Waals surface area contributed by atoms with Gasteiger partial charge in [-0.15, -0.1) is 0 Å². The van der Waals surface area contributed by atoms with Crippen LogP contribution < -0.4 is 5.32 Å². The fraction of sp³-hybridized carbons (Fsp3) is 0.812. The number of nitrogens with zero attached hydrogens (tertiary/aromatic N) is 3. The summed E-state index contributed by atoms with van der Waals surface area (Å²) in [6.45, 7) is 11.6. The molecule has 0 aliphatic carbocycles. The van der Waals surface area contributed by atoms with Crippen molar-refractivity contribution in [2.45, 2.75) is 65.5 Å². The Hall–Kier alpha value is -1.43. The third-order valence-electron chi connectivity index (χ3n) is 4.51. The van der Waals surface area contributed by atoms with Crippen molar-refractivity contribution in [3.63, 3.8) is 0 Å². The first-order chi connectivity index (χ1) is 10.4. The molecule has 1 aliphatic rings. The van der Waals surface area contributed by atoms with Crippen LogP contribution in [0.25, 0.3) is 0 Å². The monoisotopic (exact) mass is 308 g/mol. The number of carbonyl (C=O) groups excluding carboxylic acids is 1. The van der Waals surface area contributed by atoms with Crippen LogP contribution in [0.4, 0.5) is 0 Å². The average Bonchev–Trinajstić information content (AvgIpc) is 2.97. The summed E-state index contributed by atoms with van der Waals surface area (Å²) in [5, 5.41) is 7.64. The summed E-state index contributed by atoms with van der Waals surface area (Å²) in [4.78, 5) is 18.0. The van der Waals surface area contributed by atoms with Gasteiger partial charge in [-0.05, 0) is 19.3 Å². The largest absolute Gasteiger partial charge is 0.343 e.